The Morgan fingerprint density at radius 1 is 1.40 bits per heavy atom. The van der Waals surface area contributed by atoms with Crippen molar-refractivity contribution in [2.24, 2.45) is 0 Å². The summed E-state index contributed by atoms with van der Waals surface area (Å²) < 4.78 is 5.42. The number of para-hydroxylation sites is 1. The summed E-state index contributed by atoms with van der Waals surface area (Å²) in [6.07, 6.45) is 0. The number of hydrogen-bond donors (Lipinski definition) is 1. The normalized spacial score (nSPS) is 9.13. The number of carboxylic acid groups (broad SMARTS) is 1. The molecule has 1 aromatic rings. The van der Waals surface area contributed by atoms with E-state index in [9.17, 15) is 9.59 Å². The van der Waals surface area contributed by atoms with E-state index in [2.05, 4.69) is 0 Å². The molecule has 0 aliphatic rings. The van der Waals surface area contributed by atoms with E-state index in [1.807, 2.05) is 0 Å². The van der Waals surface area contributed by atoms with E-state index in [1.54, 1.807) is 25.1 Å². The van der Waals surface area contributed by atoms with Crippen LogP contribution < -0.4 is 4.18 Å². The van der Waals surface area contributed by atoms with E-state index in [1.165, 1.54) is 6.07 Å². The Labute approximate surface area is 102 Å². The molecule has 0 unspecified atom stereocenters. The van der Waals surface area contributed by atoms with Gasteiger partial charge >= 0.3 is 102 Å². The van der Waals surface area contributed by atoms with Gasteiger partial charge in [-0.2, -0.15) is 0 Å². The van der Waals surface area contributed by atoms with Crippen LogP contribution in [0.1, 0.15) is 17.3 Å². The Kier molecular flexibility index (Phi) is 5.11. The molecule has 1 rings (SSSR count). The second-order valence-corrected chi connectivity index (χ2v) is 13.5. The van der Waals surface area contributed by atoms with Gasteiger partial charge in [0.05, 0.1) is 0 Å². The van der Waals surface area contributed by atoms with E-state index in [-0.39, 0.29) is 8.86 Å². The second-order valence-electron chi connectivity index (χ2n) is 2.85. The maximum atomic E-state index is 10.8. The summed E-state index contributed by atoms with van der Waals surface area (Å²) in [5.41, 5.74) is 0.127. The number of benzene rings is 1. The molecule has 15 heavy (non-hydrogen) atoms. The van der Waals surface area contributed by atoms with Gasteiger partial charge in [0.25, 0.3) is 0 Å². The molecule has 0 atom stereocenters. The topological polar surface area (TPSA) is 63.6 Å². The summed E-state index contributed by atoms with van der Waals surface area (Å²) in [6, 6.07) is 6.40. The fraction of sp³-hybridized carbons (Fsp3) is 0.111. The molecule has 0 radical (unpaired) electrons. The quantitative estimate of drug-likeness (QED) is 0.591. The molecule has 0 amide bonds. The van der Waals surface area contributed by atoms with Crippen LogP contribution >= 0.6 is 8.52 Å². The van der Waals surface area contributed by atoms with Crippen molar-refractivity contribution < 1.29 is 41.9 Å². The Hall–Kier alpha value is -0.555. The Morgan fingerprint density at radius 3 is 2.67 bits per heavy atom. The molecule has 0 aromatic heterocycles. The average Bonchev–Trinajstić information content (AvgIpc) is 2.17. The second kappa shape index (κ2) is 6.12. The minimum absolute atomic E-state index is 0.127. The molecule has 76 valence electrons. The van der Waals surface area contributed by atoms with Crippen LogP contribution in [-0.4, -0.2) is 14.4 Å². The monoisotopic (exact) mass is 414 g/mol. The summed E-state index contributed by atoms with van der Waals surface area (Å²) >= 11 is -1.68. The number of aromatic carboxylic acids is 1. The van der Waals surface area contributed by atoms with Crippen molar-refractivity contribution in [3.8, 4) is 5.75 Å². The van der Waals surface area contributed by atoms with Crippen LogP contribution in [0, 0.1) is 0 Å². The zero-order valence-corrected chi connectivity index (χ0v) is 14.4. The van der Waals surface area contributed by atoms with Crippen LogP contribution in [0.5, 0.6) is 5.75 Å². The van der Waals surface area contributed by atoms with Crippen molar-refractivity contribution in [3.05, 3.63) is 29.8 Å². The van der Waals surface area contributed by atoms with Gasteiger partial charge < -0.3 is 0 Å². The minimum atomic E-state index is -1.68. The van der Waals surface area contributed by atoms with Crippen LogP contribution in [0.2, 0.25) is 0 Å². The van der Waals surface area contributed by atoms with Crippen molar-refractivity contribution in [1.29, 1.82) is 0 Å². The van der Waals surface area contributed by atoms with E-state index in [4.69, 9.17) is 9.29 Å². The van der Waals surface area contributed by atoms with E-state index < -0.39 is 29.0 Å². The first kappa shape index (κ1) is 12.5. The molecule has 0 aliphatic carbocycles. The van der Waals surface area contributed by atoms with Gasteiger partial charge in [0.15, 0.2) is 0 Å². The molecular formula is C9H8HgO4S. The van der Waals surface area contributed by atoms with Crippen LogP contribution in [-0.2, 0) is 27.9 Å². The first-order valence-electron chi connectivity index (χ1n) is 4.22. The van der Waals surface area contributed by atoms with Crippen molar-refractivity contribution in [3.63, 3.8) is 0 Å². The number of carbonyl (C=O) groups excluding carboxylic acids is 1. The Balaban J connectivity index is 2.67. The molecule has 1 N–H and O–H groups in total. The molecule has 4 nitrogen and oxygen atoms in total. The molecule has 0 fully saturated rings. The molecule has 0 saturated carbocycles. The SMILES string of the molecule is C[C](=O)[Hg][S]Oc1ccccc1C(=O)O. The van der Waals surface area contributed by atoms with Gasteiger partial charge in [0.1, 0.15) is 0 Å². The average molecular weight is 413 g/mol. The summed E-state index contributed by atoms with van der Waals surface area (Å²) in [6.45, 7) is 1.54. The van der Waals surface area contributed by atoms with E-state index in [0.717, 1.165) is 8.52 Å². The van der Waals surface area contributed by atoms with Crippen LogP contribution in [0.25, 0.3) is 0 Å². The third-order valence-electron chi connectivity index (χ3n) is 1.53. The standard InChI is InChI=1S/C7H6O3S.C2H3O.Hg/c8-7(9)5-3-1-2-4-6(5)10-11;1-2-3;/h1-4,11H,(H,8,9);1H3;/q;;+1/p-1. The fourth-order valence-corrected chi connectivity index (χ4v) is 5.49. The summed E-state index contributed by atoms with van der Waals surface area (Å²) in [5.74, 6) is -0.707. The third-order valence-corrected chi connectivity index (χ3v) is 9.84. The molecule has 6 heteroatoms. The Bertz CT molecular complexity index is 380. The predicted octanol–water partition coefficient (Wildman–Crippen LogP) is 1.96. The van der Waals surface area contributed by atoms with Crippen LogP contribution in [0.15, 0.2) is 24.3 Å². The zero-order chi connectivity index (χ0) is 11.3. The van der Waals surface area contributed by atoms with Crippen LogP contribution in [0.3, 0.4) is 0 Å². The Morgan fingerprint density at radius 2 is 2.07 bits per heavy atom. The van der Waals surface area contributed by atoms with Crippen molar-refractivity contribution in [2.45, 2.75) is 6.92 Å². The van der Waals surface area contributed by atoms with Gasteiger partial charge in [-0.05, 0) is 0 Å². The number of hydrogen-bond acceptors (Lipinski definition) is 4. The van der Waals surface area contributed by atoms with Gasteiger partial charge in [-0.1, -0.05) is 0 Å². The number of rotatable bonds is 5. The van der Waals surface area contributed by atoms with Gasteiger partial charge in [0, 0.05) is 0 Å². The maximum absolute atomic E-state index is 10.8. The van der Waals surface area contributed by atoms with Crippen molar-refractivity contribution >= 4 is 17.8 Å². The number of carboxylic acids is 1. The van der Waals surface area contributed by atoms with Gasteiger partial charge in [-0.3, -0.25) is 0 Å². The zero-order valence-electron chi connectivity index (χ0n) is 8.10. The van der Waals surface area contributed by atoms with Crippen molar-refractivity contribution in [2.75, 3.05) is 0 Å². The molecular weight excluding hydrogens is 405 g/mol. The molecule has 0 heterocycles. The van der Waals surface area contributed by atoms with E-state index in [0.29, 0.717) is 5.75 Å². The van der Waals surface area contributed by atoms with Gasteiger partial charge in [-0.25, -0.2) is 0 Å². The van der Waals surface area contributed by atoms with Gasteiger partial charge in [0.2, 0.25) is 0 Å². The predicted molar refractivity (Wildman–Crippen MR) is 52.3 cm³/mol. The molecule has 0 saturated heterocycles. The number of carbonyl (C=O) groups is 2. The van der Waals surface area contributed by atoms with Crippen molar-refractivity contribution in [1.82, 2.24) is 0 Å². The molecule has 1 aromatic carbocycles. The van der Waals surface area contributed by atoms with Crippen LogP contribution in [0.4, 0.5) is 0 Å². The summed E-state index contributed by atoms with van der Waals surface area (Å²) in [4.78, 5) is 21.5. The fourth-order valence-electron chi connectivity index (χ4n) is 0.892. The third kappa shape index (κ3) is 4.21. The van der Waals surface area contributed by atoms with Gasteiger partial charge in [-0.15, -0.1) is 0 Å². The first-order valence-corrected chi connectivity index (χ1v) is 14.6. The first-order chi connectivity index (χ1) is 7.11. The summed E-state index contributed by atoms with van der Waals surface area (Å²) in [7, 11) is 1.16. The molecule has 0 bridgehead atoms. The molecule has 0 spiro atoms. The van der Waals surface area contributed by atoms with E-state index >= 15 is 0 Å². The summed E-state index contributed by atoms with van der Waals surface area (Å²) in [5, 5.41) is 8.84. The molecule has 0 aliphatic heterocycles.